The molecule has 2 rings (SSSR count). The molecule has 0 aliphatic heterocycles. The minimum Gasteiger partial charge on any atom is -0.384 e. The van der Waals surface area contributed by atoms with Gasteiger partial charge in [-0.05, 0) is 36.8 Å². The van der Waals surface area contributed by atoms with Crippen LogP contribution in [0.15, 0.2) is 48.8 Å². The maximum Gasteiger partial charge on any atom is 0.220 e. The Bertz CT molecular complexity index is 700. The molecule has 1 aromatic heterocycles. The number of Topliss-reactive ketones (excluding diaryl/α,β-unsaturated/α-hetero) is 1. The molecule has 0 spiro atoms. The maximum absolute atomic E-state index is 12.9. The third-order valence-corrected chi connectivity index (χ3v) is 3.66. The van der Waals surface area contributed by atoms with Crippen LogP contribution in [0.1, 0.15) is 35.7 Å². The molecule has 5 nitrogen and oxygen atoms in total. The normalized spacial score (nSPS) is 13.1. The van der Waals surface area contributed by atoms with Crippen LogP contribution >= 0.6 is 0 Å². The van der Waals surface area contributed by atoms with Gasteiger partial charge in [0.05, 0.1) is 6.54 Å². The van der Waals surface area contributed by atoms with Gasteiger partial charge in [-0.25, -0.2) is 4.39 Å². The zero-order valence-electron chi connectivity index (χ0n) is 13.3. The number of aliphatic hydroxyl groups is 1. The van der Waals surface area contributed by atoms with Crippen LogP contribution in [0.25, 0.3) is 0 Å². The van der Waals surface area contributed by atoms with E-state index < -0.39 is 11.4 Å². The summed E-state index contributed by atoms with van der Waals surface area (Å²) in [5, 5.41) is 13.0. The van der Waals surface area contributed by atoms with Gasteiger partial charge in [0.15, 0.2) is 5.78 Å². The molecule has 0 fully saturated rings. The number of halogens is 1. The second-order valence-corrected chi connectivity index (χ2v) is 5.72. The summed E-state index contributed by atoms with van der Waals surface area (Å²) in [5.41, 5.74) is -0.365. The average Bonchev–Trinajstić information content (AvgIpc) is 2.59. The van der Waals surface area contributed by atoms with Gasteiger partial charge in [-0.15, -0.1) is 0 Å². The third-order valence-electron chi connectivity index (χ3n) is 3.66. The number of pyridine rings is 1. The van der Waals surface area contributed by atoms with Gasteiger partial charge in [0, 0.05) is 30.8 Å². The Kier molecular flexibility index (Phi) is 5.76. The summed E-state index contributed by atoms with van der Waals surface area (Å²) in [7, 11) is 0. The number of amides is 1. The lowest BCUT2D eigenvalue weighted by molar-refractivity contribution is -0.122. The molecule has 1 amide bonds. The molecule has 0 bridgehead atoms. The second kappa shape index (κ2) is 7.79. The Morgan fingerprint density at radius 3 is 2.54 bits per heavy atom. The van der Waals surface area contributed by atoms with E-state index in [1.165, 1.54) is 37.4 Å². The highest BCUT2D eigenvalue weighted by Crippen LogP contribution is 2.19. The molecule has 0 aliphatic rings. The standard InChI is InChI=1S/C18H19FN2O3/c1-18(24,14-4-6-15(19)7-5-14)12-21-17(23)9-8-16(22)13-3-2-10-20-11-13/h2-7,10-11,24H,8-9,12H2,1H3,(H,21,23). The summed E-state index contributed by atoms with van der Waals surface area (Å²) in [6.07, 6.45) is 3.12. The molecule has 2 N–H and O–H groups in total. The van der Waals surface area contributed by atoms with E-state index in [9.17, 15) is 19.1 Å². The number of carbonyl (C=O) groups excluding carboxylic acids is 2. The fourth-order valence-corrected chi connectivity index (χ4v) is 2.17. The molecule has 0 saturated carbocycles. The summed E-state index contributed by atoms with van der Waals surface area (Å²) >= 11 is 0. The van der Waals surface area contributed by atoms with Crippen LogP contribution in [0.5, 0.6) is 0 Å². The van der Waals surface area contributed by atoms with Crippen LogP contribution in [-0.2, 0) is 10.4 Å². The predicted octanol–water partition coefficient (Wildman–Crippen LogP) is 2.21. The van der Waals surface area contributed by atoms with E-state index in [0.717, 1.165) is 0 Å². The molecule has 0 saturated heterocycles. The van der Waals surface area contributed by atoms with Crippen molar-refractivity contribution in [2.45, 2.75) is 25.4 Å². The van der Waals surface area contributed by atoms with Gasteiger partial charge in [-0.1, -0.05) is 12.1 Å². The first-order chi connectivity index (χ1) is 11.4. The Balaban J connectivity index is 1.82. The molecule has 0 aliphatic carbocycles. The molecule has 1 unspecified atom stereocenters. The van der Waals surface area contributed by atoms with E-state index in [1.54, 1.807) is 18.3 Å². The van der Waals surface area contributed by atoms with Crippen molar-refractivity contribution in [2.75, 3.05) is 6.54 Å². The fourth-order valence-electron chi connectivity index (χ4n) is 2.17. The zero-order chi connectivity index (χ0) is 17.6. The number of benzene rings is 1. The van der Waals surface area contributed by atoms with Crippen molar-refractivity contribution in [3.63, 3.8) is 0 Å². The van der Waals surface area contributed by atoms with Gasteiger partial charge in [-0.3, -0.25) is 14.6 Å². The number of aromatic nitrogens is 1. The highest BCUT2D eigenvalue weighted by molar-refractivity contribution is 5.97. The Labute approximate surface area is 139 Å². The van der Waals surface area contributed by atoms with Crippen LogP contribution in [0, 0.1) is 5.82 Å². The maximum atomic E-state index is 12.9. The molecule has 24 heavy (non-hydrogen) atoms. The topological polar surface area (TPSA) is 79.3 Å². The first-order valence-electron chi connectivity index (χ1n) is 7.57. The lowest BCUT2D eigenvalue weighted by atomic mass is 9.96. The molecule has 2 aromatic rings. The smallest absolute Gasteiger partial charge is 0.220 e. The second-order valence-electron chi connectivity index (χ2n) is 5.72. The lowest BCUT2D eigenvalue weighted by Crippen LogP contribution is -2.38. The lowest BCUT2D eigenvalue weighted by Gasteiger charge is -2.24. The van der Waals surface area contributed by atoms with E-state index in [-0.39, 0.29) is 31.1 Å². The van der Waals surface area contributed by atoms with Gasteiger partial charge in [-0.2, -0.15) is 0 Å². The van der Waals surface area contributed by atoms with Crippen LogP contribution in [0.4, 0.5) is 4.39 Å². The number of hydrogen-bond donors (Lipinski definition) is 2. The minimum absolute atomic E-state index is 0.0211. The molecule has 126 valence electrons. The van der Waals surface area contributed by atoms with Gasteiger partial charge in [0.1, 0.15) is 11.4 Å². The van der Waals surface area contributed by atoms with Crippen molar-refractivity contribution < 1.29 is 19.1 Å². The first kappa shape index (κ1) is 17.7. The van der Waals surface area contributed by atoms with E-state index in [0.29, 0.717) is 11.1 Å². The van der Waals surface area contributed by atoms with Crippen LogP contribution in [0.3, 0.4) is 0 Å². The number of rotatable bonds is 7. The van der Waals surface area contributed by atoms with E-state index in [1.807, 2.05) is 0 Å². The van der Waals surface area contributed by atoms with Crippen molar-refractivity contribution in [3.05, 3.63) is 65.7 Å². The number of ketones is 1. The number of carbonyl (C=O) groups is 2. The summed E-state index contributed by atoms with van der Waals surface area (Å²) in [6.45, 7) is 1.50. The van der Waals surface area contributed by atoms with Gasteiger partial charge < -0.3 is 10.4 Å². The molecule has 1 aromatic carbocycles. The number of nitrogens with one attached hydrogen (secondary N) is 1. The van der Waals surface area contributed by atoms with Crippen molar-refractivity contribution >= 4 is 11.7 Å². The molecule has 1 atom stereocenters. The van der Waals surface area contributed by atoms with E-state index in [4.69, 9.17) is 0 Å². The number of nitrogens with zero attached hydrogens (tertiary/aromatic N) is 1. The summed E-state index contributed by atoms with van der Waals surface area (Å²) in [6, 6.07) is 8.73. The fraction of sp³-hybridized carbons (Fsp3) is 0.278. The Morgan fingerprint density at radius 2 is 1.92 bits per heavy atom. The van der Waals surface area contributed by atoms with Gasteiger partial charge >= 0.3 is 0 Å². The minimum atomic E-state index is -1.32. The van der Waals surface area contributed by atoms with Crippen molar-refractivity contribution in [1.29, 1.82) is 0 Å². The Morgan fingerprint density at radius 1 is 1.21 bits per heavy atom. The average molecular weight is 330 g/mol. The van der Waals surface area contributed by atoms with Crippen molar-refractivity contribution in [3.8, 4) is 0 Å². The zero-order valence-corrected chi connectivity index (χ0v) is 13.3. The summed E-state index contributed by atoms with van der Waals surface area (Å²) in [5.74, 6) is -0.898. The molecular formula is C18H19FN2O3. The largest absolute Gasteiger partial charge is 0.384 e. The van der Waals surface area contributed by atoms with Gasteiger partial charge in [0.2, 0.25) is 5.91 Å². The summed E-state index contributed by atoms with van der Waals surface area (Å²) < 4.78 is 12.9. The first-order valence-corrected chi connectivity index (χ1v) is 7.57. The quantitative estimate of drug-likeness (QED) is 0.763. The summed E-state index contributed by atoms with van der Waals surface area (Å²) in [4.78, 5) is 27.6. The predicted molar refractivity (Wildman–Crippen MR) is 86.8 cm³/mol. The SMILES string of the molecule is CC(O)(CNC(=O)CCC(=O)c1cccnc1)c1ccc(F)cc1. The van der Waals surface area contributed by atoms with Crippen molar-refractivity contribution in [2.24, 2.45) is 0 Å². The monoisotopic (exact) mass is 330 g/mol. The molecule has 0 radical (unpaired) electrons. The third kappa shape index (κ3) is 4.96. The highest BCUT2D eigenvalue weighted by atomic mass is 19.1. The molecular weight excluding hydrogens is 311 g/mol. The highest BCUT2D eigenvalue weighted by Gasteiger charge is 2.23. The van der Waals surface area contributed by atoms with Gasteiger partial charge in [0.25, 0.3) is 0 Å². The Hall–Kier alpha value is -2.60. The van der Waals surface area contributed by atoms with E-state index >= 15 is 0 Å². The van der Waals surface area contributed by atoms with Crippen molar-refractivity contribution in [1.82, 2.24) is 10.3 Å². The van der Waals surface area contributed by atoms with E-state index in [2.05, 4.69) is 10.3 Å². The van der Waals surface area contributed by atoms with Crippen LogP contribution in [0.2, 0.25) is 0 Å². The number of hydrogen-bond acceptors (Lipinski definition) is 4. The van der Waals surface area contributed by atoms with Crippen LogP contribution < -0.4 is 5.32 Å². The molecule has 1 heterocycles. The van der Waals surface area contributed by atoms with Crippen LogP contribution in [-0.4, -0.2) is 28.3 Å². The molecule has 6 heteroatoms.